The van der Waals surface area contributed by atoms with Gasteiger partial charge in [-0.05, 0) is 36.4 Å². The van der Waals surface area contributed by atoms with Gasteiger partial charge in [-0.25, -0.2) is 8.42 Å². The first-order chi connectivity index (χ1) is 11.4. The molecule has 2 aromatic rings. The van der Waals surface area contributed by atoms with Crippen molar-refractivity contribution in [3.05, 3.63) is 65.2 Å². The van der Waals surface area contributed by atoms with Gasteiger partial charge in [-0.1, -0.05) is 29.8 Å². The first-order valence-corrected chi connectivity index (χ1v) is 9.60. The van der Waals surface area contributed by atoms with Crippen molar-refractivity contribution in [1.82, 2.24) is 0 Å². The maximum absolute atomic E-state index is 13.0. The summed E-state index contributed by atoms with van der Waals surface area (Å²) in [4.78, 5) is 14.3. The Hall–Kier alpha value is -1.89. The second kappa shape index (κ2) is 6.55. The normalized spacial score (nSPS) is 22.2. The zero-order chi connectivity index (χ0) is 17.3. The largest absolute Gasteiger partial charge is 0.390 e. The number of benzene rings is 2. The van der Waals surface area contributed by atoms with E-state index in [0.29, 0.717) is 16.3 Å². The third-order valence-electron chi connectivity index (χ3n) is 3.97. The Balaban J connectivity index is 2.03. The zero-order valence-electron chi connectivity index (χ0n) is 12.7. The summed E-state index contributed by atoms with van der Waals surface area (Å²) >= 11 is 5.86. The summed E-state index contributed by atoms with van der Waals surface area (Å²) in [5.74, 6) is -0.976. The van der Waals surface area contributed by atoms with Crippen LogP contribution in [0.2, 0.25) is 5.02 Å². The van der Waals surface area contributed by atoms with Crippen molar-refractivity contribution in [3.8, 4) is 0 Å². The Kier molecular flexibility index (Phi) is 4.62. The van der Waals surface area contributed by atoms with E-state index in [9.17, 15) is 18.3 Å². The molecule has 0 saturated carbocycles. The number of amides is 1. The molecule has 1 aliphatic rings. The number of carbonyl (C=O) groups is 1. The number of sulfone groups is 1. The minimum atomic E-state index is -3.39. The number of rotatable bonds is 3. The Bertz CT molecular complexity index is 837. The fourth-order valence-electron chi connectivity index (χ4n) is 2.84. The van der Waals surface area contributed by atoms with E-state index in [1.54, 1.807) is 54.6 Å². The fraction of sp³-hybridized carbons (Fsp3) is 0.235. The Morgan fingerprint density at radius 1 is 1.04 bits per heavy atom. The molecule has 1 saturated heterocycles. The summed E-state index contributed by atoms with van der Waals surface area (Å²) < 4.78 is 23.8. The lowest BCUT2D eigenvalue weighted by Crippen LogP contribution is -2.47. The third kappa shape index (κ3) is 3.45. The SMILES string of the molecule is O=C(c1ccc(Cl)cc1)N(c1ccccc1)[C@@H]1CS(=O)(=O)C[C@H]1O. The minimum Gasteiger partial charge on any atom is -0.390 e. The fourth-order valence-corrected chi connectivity index (χ4v) is 4.73. The Morgan fingerprint density at radius 3 is 2.21 bits per heavy atom. The van der Waals surface area contributed by atoms with Gasteiger partial charge in [0, 0.05) is 16.3 Å². The summed E-state index contributed by atoms with van der Waals surface area (Å²) in [7, 11) is -3.39. The summed E-state index contributed by atoms with van der Waals surface area (Å²) in [5, 5.41) is 10.7. The monoisotopic (exact) mass is 365 g/mol. The highest BCUT2D eigenvalue weighted by Gasteiger charge is 2.42. The Morgan fingerprint density at radius 2 is 1.67 bits per heavy atom. The molecule has 7 heteroatoms. The maximum atomic E-state index is 13.0. The topological polar surface area (TPSA) is 74.7 Å². The second-order valence-electron chi connectivity index (χ2n) is 5.73. The zero-order valence-corrected chi connectivity index (χ0v) is 14.2. The van der Waals surface area contributed by atoms with Crippen LogP contribution in [0.15, 0.2) is 54.6 Å². The third-order valence-corrected chi connectivity index (χ3v) is 5.92. The molecule has 0 aromatic heterocycles. The van der Waals surface area contributed by atoms with Gasteiger partial charge in [0.25, 0.3) is 5.91 Å². The van der Waals surface area contributed by atoms with Crippen LogP contribution in [0.1, 0.15) is 10.4 Å². The number of anilines is 1. The number of hydrogen-bond acceptors (Lipinski definition) is 4. The molecule has 1 heterocycles. The molecule has 0 spiro atoms. The maximum Gasteiger partial charge on any atom is 0.258 e. The van der Waals surface area contributed by atoms with E-state index in [-0.39, 0.29) is 17.4 Å². The molecule has 126 valence electrons. The van der Waals surface area contributed by atoms with Gasteiger partial charge in [0.1, 0.15) is 0 Å². The van der Waals surface area contributed by atoms with Crippen molar-refractivity contribution in [2.45, 2.75) is 12.1 Å². The van der Waals surface area contributed by atoms with Gasteiger partial charge in [0.05, 0.1) is 23.7 Å². The molecule has 1 fully saturated rings. The van der Waals surface area contributed by atoms with Crippen LogP contribution in [0, 0.1) is 0 Å². The van der Waals surface area contributed by atoms with E-state index in [0.717, 1.165) is 0 Å². The number of para-hydroxylation sites is 1. The molecule has 5 nitrogen and oxygen atoms in total. The van der Waals surface area contributed by atoms with Crippen LogP contribution in [0.4, 0.5) is 5.69 Å². The molecule has 1 aliphatic heterocycles. The number of hydrogen-bond donors (Lipinski definition) is 1. The molecule has 1 amide bonds. The molecule has 1 N–H and O–H groups in total. The van der Waals surface area contributed by atoms with Gasteiger partial charge in [0.15, 0.2) is 9.84 Å². The summed E-state index contributed by atoms with van der Waals surface area (Å²) in [5.41, 5.74) is 0.915. The predicted molar refractivity (Wildman–Crippen MR) is 93.2 cm³/mol. The van der Waals surface area contributed by atoms with Gasteiger partial charge in [0.2, 0.25) is 0 Å². The van der Waals surface area contributed by atoms with Crippen LogP contribution in [-0.4, -0.2) is 43.1 Å². The highest BCUT2D eigenvalue weighted by molar-refractivity contribution is 7.91. The van der Waals surface area contributed by atoms with Gasteiger partial charge < -0.3 is 10.0 Å². The molecular weight excluding hydrogens is 350 g/mol. The first kappa shape index (κ1) is 17.0. The minimum absolute atomic E-state index is 0.262. The Labute approximate surface area is 145 Å². The van der Waals surface area contributed by atoms with Crippen LogP contribution in [0.5, 0.6) is 0 Å². The van der Waals surface area contributed by atoms with E-state index >= 15 is 0 Å². The van der Waals surface area contributed by atoms with Crippen LogP contribution >= 0.6 is 11.6 Å². The van der Waals surface area contributed by atoms with E-state index in [1.165, 1.54) is 4.90 Å². The quantitative estimate of drug-likeness (QED) is 0.904. The lowest BCUT2D eigenvalue weighted by atomic mass is 10.1. The van der Waals surface area contributed by atoms with E-state index < -0.39 is 22.0 Å². The molecule has 3 rings (SSSR count). The number of carbonyl (C=O) groups excluding carboxylic acids is 1. The number of aliphatic hydroxyl groups excluding tert-OH is 1. The number of nitrogens with zero attached hydrogens (tertiary/aromatic N) is 1. The number of aliphatic hydroxyl groups is 1. The van der Waals surface area contributed by atoms with Crippen molar-refractivity contribution < 1.29 is 18.3 Å². The van der Waals surface area contributed by atoms with Crippen molar-refractivity contribution in [1.29, 1.82) is 0 Å². The van der Waals surface area contributed by atoms with Gasteiger partial charge in [-0.15, -0.1) is 0 Å². The van der Waals surface area contributed by atoms with E-state index in [1.807, 2.05) is 0 Å². The van der Waals surface area contributed by atoms with E-state index in [2.05, 4.69) is 0 Å². The number of halogens is 1. The molecule has 0 radical (unpaired) electrons. The van der Waals surface area contributed by atoms with Crippen molar-refractivity contribution in [2.75, 3.05) is 16.4 Å². The summed E-state index contributed by atoms with van der Waals surface area (Å²) in [6.45, 7) is 0. The average molecular weight is 366 g/mol. The average Bonchev–Trinajstić information content (AvgIpc) is 2.82. The summed E-state index contributed by atoms with van der Waals surface area (Å²) in [6.07, 6.45) is -1.12. The smallest absolute Gasteiger partial charge is 0.258 e. The molecular formula is C17H16ClNO4S. The van der Waals surface area contributed by atoms with Gasteiger partial charge >= 0.3 is 0 Å². The van der Waals surface area contributed by atoms with Crippen molar-refractivity contribution >= 4 is 33.0 Å². The first-order valence-electron chi connectivity index (χ1n) is 7.40. The standard InChI is InChI=1S/C17H16ClNO4S/c18-13-8-6-12(7-9-13)17(21)19(14-4-2-1-3-5-14)15-10-24(22,23)11-16(15)20/h1-9,15-16,20H,10-11H2/t15-,16-/m1/s1. The molecule has 0 aliphatic carbocycles. The highest BCUT2D eigenvalue weighted by Crippen LogP contribution is 2.27. The summed E-state index contributed by atoms with van der Waals surface area (Å²) in [6, 6.07) is 14.3. The van der Waals surface area contributed by atoms with Crippen LogP contribution in [0.3, 0.4) is 0 Å². The molecule has 24 heavy (non-hydrogen) atoms. The molecule has 2 aromatic carbocycles. The van der Waals surface area contributed by atoms with Crippen LogP contribution < -0.4 is 4.90 Å². The van der Waals surface area contributed by atoms with Crippen LogP contribution in [-0.2, 0) is 9.84 Å². The molecule has 2 atom stereocenters. The lowest BCUT2D eigenvalue weighted by molar-refractivity contribution is 0.0945. The van der Waals surface area contributed by atoms with Gasteiger partial charge in [-0.3, -0.25) is 4.79 Å². The second-order valence-corrected chi connectivity index (χ2v) is 8.32. The predicted octanol–water partition coefficient (Wildman–Crippen LogP) is 2.14. The van der Waals surface area contributed by atoms with Crippen molar-refractivity contribution in [2.24, 2.45) is 0 Å². The van der Waals surface area contributed by atoms with Crippen LogP contribution in [0.25, 0.3) is 0 Å². The van der Waals surface area contributed by atoms with Crippen molar-refractivity contribution in [3.63, 3.8) is 0 Å². The van der Waals surface area contributed by atoms with Gasteiger partial charge in [-0.2, -0.15) is 0 Å². The lowest BCUT2D eigenvalue weighted by Gasteiger charge is -2.30. The molecule has 0 bridgehead atoms. The molecule has 0 unspecified atom stereocenters. The highest BCUT2D eigenvalue weighted by atomic mass is 35.5. The van der Waals surface area contributed by atoms with E-state index in [4.69, 9.17) is 11.6 Å².